The highest BCUT2D eigenvalue weighted by Gasteiger charge is 2.28. The molecule has 1 aromatic carbocycles. The van der Waals surface area contributed by atoms with E-state index in [0.717, 1.165) is 5.56 Å². The van der Waals surface area contributed by atoms with Crippen molar-refractivity contribution in [3.63, 3.8) is 0 Å². The monoisotopic (exact) mass is 364 g/mol. The first-order chi connectivity index (χ1) is 12.3. The summed E-state index contributed by atoms with van der Waals surface area (Å²) in [6.07, 6.45) is 0.139. The molecule has 136 valence electrons. The van der Waals surface area contributed by atoms with Crippen LogP contribution in [0.3, 0.4) is 0 Å². The van der Waals surface area contributed by atoms with Gasteiger partial charge in [-0.15, -0.1) is 0 Å². The predicted molar refractivity (Wildman–Crippen MR) is 86.9 cm³/mol. The van der Waals surface area contributed by atoms with Gasteiger partial charge in [0.25, 0.3) is 5.91 Å². The van der Waals surface area contributed by atoms with Crippen molar-refractivity contribution in [2.24, 2.45) is 0 Å². The lowest BCUT2D eigenvalue weighted by Gasteiger charge is -2.14. The fourth-order valence-corrected chi connectivity index (χ4v) is 2.36. The number of nitrogens with zero attached hydrogens (tertiary/aromatic N) is 3. The molecule has 6 nitrogen and oxygen atoms in total. The SMILES string of the molecule is Cc1ccc(CNC(=O)c2cnn3cccnc23)c(OCC(F)(F)F)c1. The number of aromatic nitrogens is 3. The highest BCUT2D eigenvalue weighted by molar-refractivity contribution is 5.99. The fraction of sp³-hybridized carbons (Fsp3) is 0.235. The Balaban J connectivity index is 1.74. The van der Waals surface area contributed by atoms with Crippen LogP contribution in [0.15, 0.2) is 42.9 Å². The highest BCUT2D eigenvalue weighted by Crippen LogP contribution is 2.24. The molecule has 0 saturated heterocycles. The van der Waals surface area contributed by atoms with Crippen LogP contribution in [-0.4, -0.2) is 33.3 Å². The van der Waals surface area contributed by atoms with Crippen LogP contribution in [0.2, 0.25) is 0 Å². The van der Waals surface area contributed by atoms with Crippen molar-refractivity contribution < 1.29 is 22.7 Å². The molecule has 3 aromatic rings. The number of fused-ring (bicyclic) bond motifs is 1. The molecule has 0 aliphatic rings. The van der Waals surface area contributed by atoms with Gasteiger partial charge in [-0.05, 0) is 24.6 Å². The number of halogens is 3. The molecule has 9 heteroatoms. The van der Waals surface area contributed by atoms with Crippen LogP contribution in [0.25, 0.3) is 5.65 Å². The van der Waals surface area contributed by atoms with Gasteiger partial charge >= 0.3 is 6.18 Å². The highest BCUT2D eigenvalue weighted by atomic mass is 19.4. The molecule has 1 amide bonds. The minimum absolute atomic E-state index is 0.0104. The summed E-state index contributed by atoms with van der Waals surface area (Å²) in [5.41, 5.74) is 1.86. The molecule has 0 radical (unpaired) electrons. The second-order valence-corrected chi connectivity index (χ2v) is 5.64. The molecule has 0 aliphatic heterocycles. The Hall–Kier alpha value is -3.10. The number of amides is 1. The van der Waals surface area contributed by atoms with Gasteiger partial charge in [0.15, 0.2) is 12.3 Å². The Morgan fingerprint density at radius 2 is 2.15 bits per heavy atom. The molecule has 0 fully saturated rings. The van der Waals surface area contributed by atoms with Crippen molar-refractivity contribution in [2.75, 3.05) is 6.61 Å². The molecular formula is C17H15F3N4O2. The molecule has 3 rings (SSSR count). The number of hydrogen-bond acceptors (Lipinski definition) is 4. The first-order valence-corrected chi connectivity index (χ1v) is 7.69. The number of carbonyl (C=O) groups is 1. The Morgan fingerprint density at radius 1 is 1.35 bits per heavy atom. The van der Waals surface area contributed by atoms with Crippen LogP contribution < -0.4 is 10.1 Å². The van der Waals surface area contributed by atoms with Crippen LogP contribution >= 0.6 is 0 Å². The molecule has 0 saturated carbocycles. The summed E-state index contributed by atoms with van der Waals surface area (Å²) >= 11 is 0. The first kappa shape index (κ1) is 17.7. The van der Waals surface area contributed by atoms with Crippen molar-refractivity contribution >= 4 is 11.6 Å². The lowest BCUT2D eigenvalue weighted by molar-refractivity contribution is -0.153. The third kappa shape index (κ3) is 4.11. The summed E-state index contributed by atoms with van der Waals surface area (Å²) in [4.78, 5) is 16.5. The zero-order valence-corrected chi connectivity index (χ0v) is 13.7. The maximum absolute atomic E-state index is 12.4. The van der Waals surface area contributed by atoms with Crippen molar-refractivity contribution in [3.05, 3.63) is 59.5 Å². The lowest BCUT2D eigenvalue weighted by atomic mass is 10.1. The largest absolute Gasteiger partial charge is 0.484 e. The first-order valence-electron chi connectivity index (χ1n) is 7.69. The maximum Gasteiger partial charge on any atom is 0.422 e. The van der Waals surface area contributed by atoms with E-state index in [0.29, 0.717) is 11.2 Å². The third-order valence-electron chi connectivity index (χ3n) is 3.58. The van der Waals surface area contributed by atoms with E-state index in [1.54, 1.807) is 31.3 Å². The van der Waals surface area contributed by atoms with E-state index in [-0.39, 0.29) is 17.9 Å². The quantitative estimate of drug-likeness (QED) is 0.756. The molecule has 0 unspecified atom stereocenters. The minimum atomic E-state index is -4.44. The summed E-state index contributed by atoms with van der Waals surface area (Å²) < 4.78 is 43.6. The second-order valence-electron chi connectivity index (χ2n) is 5.64. The van der Waals surface area contributed by atoms with E-state index < -0.39 is 18.7 Å². The number of rotatable bonds is 5. The van der Waals surface area contributed by atoms with Crippen LogP contribution in [-0.2, 0) is 6.54 Å². The van der Waals surface area contributed by atoms with Crippen LogP contribution in [0.1, 0.15) is 21.5 Å². The van der Waals surface area contributed by atoms with E-state index >= 15 is 0 Å². The van der Waals surface area contributed by atoms with Gasteiger partial charge in [0.1, 0.15) is 11.3 Å². The average Bonchev–Trinajstić information content (AvgIpc) is 3.02. The van der Waals surface area contributed by atoms with Gasteiger partial charge in [0.2, 0.25) is 0 Å². The van der Waals surface area contributed by atoms with Gasteiger partial charge in [-0.3, -0.25) is 4.79 Å². The average molecular weight is 364 g/mol. The van der Waals surface area contributed by atoms with E-state index in [1.807, 2.05) is 0 Å². The van der Waals surface area contributed by atoms with Gasteiger partial charge in [-0.2, -0.15) is 18.3 Å². The van der Waals surface area contributed by atoms with Gasteiger partial charge in [0.05, 0.1) is 6.20 Å². The van der Waals surface area contributed by atoms with Crippen molar-refractivity contribution in [3.8, 4) is 5.75 Å². The molecule has 1 N–H and O–H groups in total. The Morgan fingerprint density at radius 3 is 2.92 bits per heavy atom. The van der Waals surface area contributed by atoms with Gasteiger partial charge in [-0.1, -0.05) is 12.1 Å². The third-order valence-corrected chi connectivity index (χ3v) is 3.58. The molecule has 0 atom stereocenters. The van der Waals surface area contributed by atoms with Crippen LogP contribution in [0.4, 0.5) is 13.2 Å². The fourth-order valence-electron chi connectivity index (χ4n) is 2.36. The Bertz CT molecular complexity index is 937. The van der Waals surface area contributed by atoms with Crippen LogP contribution in [0.5, 0.6) is 5.75 Å². The van der Waals surface area contributed by atoms with Gasteiger partial charge in [-0.25, -0.2) is 9.50 Å². The predicted octanol–water partition coefficient (Wildman–Crippen LogP) is 2.91. The summed E-state index contributed by atoms with van der Waals surface area (Å²) in [5, 5.41) is 6.68. The maximum atomic E-state index is 12.4. The number of alkyl halides is 3. The van der Waals surface area contributed by atoms with Crippen molar-refractivity contribution in [1.29, 1.82) is 0 Å². The normalized spacial score (nSPS) is 11.5. The van der Waals surface area contributed by atoms with E-state index in [4.69, 9.17) is 4.74 Å². The van der Waals surface area contributed by atoms with Gasteiger partial charge in [0, 0.05) is 24.5 Å². The number of hydrogen-bond donors (Lipinski definition) is 1. The van der Waals surface area contributed by atoms with Crippen molar-refractivity contribution in [1.82, 2.24) is 19.9 Å². The lowest BCUT2D eigenvalue weighted by Crippen LogP contribution is -2.24. The number of ether oxygens (including phenoxy) is 1. The second kappa shape index (κ2) is 7.03. The Labute approximate surface area is 146 Å². The molecule has 2 aromatic heterocycles. The van der Waals surface area contributed by atoms with E-state index in [9.17, 15) is 18.0 Å². The summed E-state index contributed by atoms with van der Waals surface area (Å²) in [6, 6.07) is 6.54. The molecule has 26 heavy (non-hydrogen) atoms. The van der Waals surface area contributed by atoms with Gasteiger partial charge < -0.3 is 10.1 Å². The topological polar surface area (TPSA) is 68.5 Å². The van der Waals surface area contributed by atoms with E-state index in [2.05, 4.69) is 15.4 Å². The summed E-state index contributed by atoms with van der Waals surface area (Å²) in [6.45, 7) is 0.360. The summed E-state index contributed by atoms with van der Waals surface area (Å²) in [5.74, 6) is -0.346. The standard InChI is InChI=1S/C17H15F3N4O2/c1-11-3-4-12(14(7-11)26-10-17(18,19)20)8-22-16(25)13-9-23-24-6-2-5-21-15(13)24/h2-7,9H,8,10H2,1H3,(H,22,25). The minimum Gasteiger partial charge on any atom is -0.484 e. The zero-order chi connectivity index (χ0) is 18.7. The molecule has 0 aliphatic carbocycles. The molecule has 2 heterocycles. The zero-order valence-electron chi connectivity index (χ0n) is 13.7. The number of aryl methyl sites for hydroxylation is 1. The number of benzene rings is 1. The molecule has 0 bridgehead atoms. The molecular weight excluding hydrogens is 349 g/mol. The number of carbonyl (C=O) groups excluding carboxylic acids is 1. The van der Waals surface area contributed by atoms with E-state index in [1.165, 1.54) is 23.0 Å². The van der Waals surface area contributed by atoms with Crippen LogP contribution in [0, 0.1) is 6.92 Å². The Kier molecular flexibility index (Phi) is 4.79. The number of nitrogens with one attached hydrogen (secondary N) is 1. The smallest absolute Gasteiger partial charge is 0.422 e. The summed E-state index contributed by atoms with van der Waals surface area (Å²) in [7, 11) is 0. The van der Waals surface area contributed by atoms with Crippen molar-refractivity contribution in [2.45, 2.75) is 19.6 Å². The molecule has 0 spiro atoms.